The summed E-state index contributed by atoms with van der Waals surface area (Å²) < 4.78 is -0.779. The molecule has 0 saturated heterocycles. The van der Waals surface area contributed by atoms with Gasteiger partial charge in [0.25, 0.3) is 0 Å². The van der Waals surface area contributed by atoms with E-state index in [1.165, 1.54) is 0 Å². The lowest BCUT2D eigenvalue weighted by atomic mass is 9.77. The molecule has 2 nitrogen and oxygen atoms in total. The SMILES string of the molecule is O=C(Br)C(C(=O)Br)(c1ccccc1)c1ccccc1. The maximum atomic E-state index is 12.2. The summed E-state index contributed by atoms with van der Waals surface area (Å²) in [5.74, 6) is 0. The highest BCUT2D eigenvalue weighted by Gasteiger charge is 2.46. The number of hydrogen-bond acceptors (Lipinski definition) is 2. The van der Waals surface area contributed by atoms with Gasteiger partial charge in [0.05, 0.1) is 0 Å². The molecule has 0 aliphatic carbocycles. The number of benzene rings is 2. The number of halogens is 2. The Bertz CT molecular complexity index is 539. The Morgan fingerprint density at radius 1 is 0.684 bits per heavy atom. The van der Waals surface area contributed by atoms with Crippen molar-refractivity contribution >= 4 is 41.2 Å². The van der Waals surface area contributed by atoms with Crippen LogP contribution in [0.15, 0.2) is 60.7 Å². The molecule has 19 heavy (non-hydrogen) atoms. The lowest BCUT2D eigenvalue weighted by Gasteiger charge is -2.27. The van der Waals surface area contributed by atoms with E-state index in [0.717, 1.165) is 0 Å². The first-order chi connectivity index (χ1) is 9.10. The van der Waals surface area contributed by atoms with Crippen LogP contribution in [0.2, 0.25) is 0 Å². The van der Waals surface area contributed by atoms with Crippen molar-refractivity contribution in [1.82, 2.24) is 0 Å². The summed E-state index contributed by atoms with van der Waals surface area (Å²) in [5.41, 5.74) is -0.0994. The molecule has 0 heterocycles. The van der Waals surface area contributed by atoms with Crippen LogP contribution < -0.4 is 0 Å². The molecule has 0 bridgehead atoms. The molecule has 4 heteroatoms. The summed E-state index contributed by atoms with van der Waals surface area (Å²) >= 11 is 5.96. The van der Waals surface area contributed by atoms with E-state index in [9.17, 15) is 9.59 Å². The van der Waals surface area contributed by atoms with Gasteiger partial charge < -0.3 is 0 Å². The third kappa shape index (κ3) is 2.42. The standard InChI is InChI=1S/C15H10Br2O2/c16-13(18)15(14(17)19,11-7-3-1-4-8-11)12-9-5-2-6-10-12/h1-10H. The smallest absolute Gasteiger partial charge is 0.221 e. The van der Waals surface area contributed by atoms with Gasteiger partial charge >= 0.3 is 0 Å². The largest absolute Gasteiger partial charge is 0.285 e. The van der Waals surface area contributed by atoms with Crippen LogP contribution in [0, 0.1) is 0 Å². The van der Waals surface area contributed by atoms with Crippen LogP contribution in [0.4, 0.5) is 0 Å². The Labute approximate surface area is 128 Å². The molecule has 0 aromatic heterocycles. The summed E-state index contributed by atoms with van der Waals surface area (Å²) in [7, 11) is 0. The fraction of sp³-hybridized carbons (Fsp3) is 0.0667. The average Bonchev–Trinajstić information content (AvgIpc) is 2.41. The average molecular weight is 382 g/mol. The summed E-state index contributed by atoms with van der Waals surface area (Å²) in [5, 5.41) is 0. The zero-order valence-electron chi connectivity index (χ0n) is 9.85. The molecular formula is C15H10Br2O2. The molecule has 0 aliphatic rings. The van der Waals surface area contributed by atoms with Crippen molar-refractivity contribution < 1.29 is 9.59 Å². The fourth-order valence-corrected chi connectivity index (χ4v) is 3.62. The van der Waals surface area contributed by atoms with E-state index in [1.54, 1.807) is 48.5 Å². The molecule has 0 N–H and O–H groups in total. The fourth-order valence-electron chi connectivity index (χ4n) is 2.07. The molecule has 0 unspecified atom stereocenters. The molecule has 0 aliphatic heterocycles. The number of carbonyl (C=O) groups excluding carboxylic acids is 2. The van der Waals surface area contributed by atoms with E-state index in [4.69, 9.17) is 0 Å². The Kier molecular flexibility index (Phi) is 4.32. The maximum Gasteiger partial charge on any atom is 0.221 e. The molecule has 2 aromatic carbocycles. The summed E-state index contributed by atoms with van der Waals surface area (Å²) in [6.07, 6.45) is 0. The van der Waals surface area contributed by atoms with Crippen molar-refractivity contribution in [3.8, 4) is 0 Å². The van der Waals surface area contributed by atoms with Gasteiger partial charge in [0.2, 0.25) is 9.39 Å². The van der Waals surface area contributed by atoms with Gasteiger partial charge in [-0.25, -0.2) is 0 Å². The molecule has 96 valence electrons. The van der Waals surface area contributed by atoms with Crippen LogP contribution in [-0.4, -0.2) is 9.39 Å². The predicted molar refractivity (Wildman–Crippen MR) is 81.5 cm³/mol. The Balaban J connectivity index is 2.77. The van der Waals surface area contributed by atoms with E-state index < -0.39 is 5.41 Å². The van der Waals surface area contributed by atoms with Crippen LogP contribution in [0.3, 0.4) is 0 Å². The molecule has 0 spiro atoms. The second kappa shape index (κ2) is 5.80. The molecule has 0 fully saturated rings. The van der Waals surface area contributed by atoms with Crippen LogP contribution >= 0.6 is 31.9 Å². The van der Waals surface area contributed by atoms with Crippen molar-refractivity contribution in [2.75, 3.05) is 0 Å². The van der Waals surface area contributed by atoms with E-state index in [0.29, 0.717) is 11.1 Å². The molecule has 0 saturated carbocycles. The lowest BCUT2D eigenvalue weighted by molar-refractivity contribution is -0.122. The topological polar surface area (TPSA) is 34.1 Å². The van der Waals surface area contributed by atoms with E-state index in [-0.39, 0.29) is 9.39 Å². The Morgan fingerprint density at radius 3 is 1.26 bits per heavy atom. The highest BCUT2D eigenvalue weighted by atomic mass is 79.9. The van der Waals surface area contributed by atoms with E-state index in [1.807, 2.05) is 12.1 Å². The van der Waals surface area contributed by atoms with Crippen LogP contribution in [0.25, 0.3) is 0 Å². The lowest BCUT2D eigenvalue weighted by Crippen LogP contribution is -2.39. The normalized spacial score (nSPS) is 11.1. The summed E-state index contributed by atoms with van der Waals surface area (Å²) in [4.78, 5) is 24.3. The van der Waals surface area contributed by atoms with Crippen molar-refractivity contribution in [2.24, 2.45) is 0 Å². The molecule has 2 aromatic rings. The number of rotatable bonds is 4. The quantitative estimate of drug-likeness (QED) is 0.596. The minimum absolute atomic E-state index is 0.390. The van der Waals surface area contributed by atoms with Crippen molar-refractivity contribution in [2.45, 2.75) is 5.41 Å². The molecule has 2 rings (SSSR count). The third-order valence-corrected chi connectivity index (χ3v) is 4.19. The number of carbonyl (C=O) groups is 2. The van der Waals surface area contributed by atoms with Crippen LogP contribution in [-0.2, 0) is 15.0 Å². The first kappa shape index (κ1) is 14.2. The third-order valence-electron chi connectivity index (χ3n) is 3.00. The highest BCUT2D eigenvalue weighted by molar-refractivity contribution is 9.19. The van der Waals surface area contributed by atoms with Gasteiger partial charge in [-0.3, -0.25) is 9.59 Å². The second-order valence-corrected chi connectivity index (χ2v) is 5.47. The minimum atomic E-state index is -1.36. The monoisotopic (exact) mass is 380 g/mol. The van der Waals surface area contributed by atoms with Crippen molar-refractivity contribution in [1.29, 1.82) is 0 Å². The molecule has 0 radical (unpaired) electrons. The minimum Gasteiger partial charge on any atom is -0.285 e. The van der Waals surface area contributed by atoms with Crippen molar-refractivity contribution in [3.05, 3.63) is 71.8 Å². The second-order valence-electron chi connectivity index (χ2n) is 4.03. The highest BCUT2D eigenvalue weighted by Crippen LogP contribution is 2.38. The zero-order chi connectivity index (χ0) is 13.9. The number of hydrogen-bond donors (Lipinski definition) is 0. The predicted octanol–water partition coefficient (Wildman–Crippen LogP) is 3.82. The first-order valence-electron chi connectivity index (χ1n) is 5.61. The van der Waals surface area contributed by atoms with Gasteiger partial charge in [0.1, 0.15) is 0 Å². The van der Waals surface area contributed by atoms with Gasteiger partial charge in [-0.2, -0.15) is 0 Å². The zero-order valence-corrected chi connectivity index (χ0v) is 13.0. The van der Waals surface area contributed by atoms with Crippen LogP contribution in [0.1, 0.15) is 11.1 Å². The van der Waals surface area contributed by atoms with E-state index in [2.05, 4.69) is 31.9 Å². The van der Waals surface area contributed by atoms with Gasteiger partial charge in [-0.15, -0.1) is 0 Å². The van der Waals surface area contributed by atoms with E-state index >= 15 is 0 Å². The molecule has 0 amide bonds. The van der Waals surface area contributed by atoms with Gasteiger partial charge in [0, 0.05) is 0 Å². The van der Waals surface area contributed by atoms with Crippen molar-refractivity contribution in [3.63, 3.8) is 0 Å². The maximum absolute atomic E-state index is 12.2. The van der Waals surface area contributed by atoms with Gasteiger partial charge in [-0.1, -0.05) is 60.7 Å². The van der Waals surface area contributed by atoms with Crippen LogP contribution in [0.5, 0.6) is 0 Å². The van der Waals surface area contributed by atoms with Gasteiger partial charge in [0.15, 0.2) is 5.41 Å². The molecule has 0 atom stereocenters. The Hall–Kier alpha value is -1.26. The summed E-state index contributed by atoms with van der Waals surface area (Å²) in [6, 6.07) is 18.0. The Morgan fingerprint density at radius 2 is 1.00 bits per heavy atom. The van der Waals surface area contributed by atoms with Gasteiger partial charge in [-0.05, 0) is 43.0 Å². The molecular weight excluding hydrogens is 372 g/mol. The summed E-state index contributed by atoms with van der Waals surface area (Å²) in [6.45, 7) is 0. The first-order valence-corrected chi connectivity index (χ1v) is 7.19.